The molecule has 1 aromatic heterocycles. The van der Waals surface area contributed by atoms with Crippen molar-refractivity contribution in [2.45, 2.75) is 31.0 Å². The summed E-state index contributed by atoms with van der Waals surface area (Å²) in [7, 11) is 1.17. The van der Waals surface area contributed by atoms with Crippen LogP contribution in [0.4, 0.5) is 5.69 Å². The number of likely N-dealkylation sites (N-methyl/N-ethyl adjacent to an activating group) is 1. The Morgan fingerprint density at radius 2 is 2.03 bits per heavy atom. The number of fused-ring (bicyclic) bond motifs is 1. The normalized spacial score (nSPS) is 23.0. The zero-order valence-corrected chi connectivity index (χ0v) is 19.8. The molecule has 0 saturated carbocycles. The maximum absolute atomic E-state index is 13.1. The molecule has 0 bridgehead atoms. The number of sulfonamides is 1. The SMILES string of the molecule is CO[C@@H]1CN(C)C(=O)c2ccc(NS(=O)(=O)c3cn(C)cn3)cc2OC[C@H](C)NC[C@H]1C. The van der Waals surface area contributed by atoms with Crippen LogP contribution in [-0.4, -0.2) is 74.8 Å². The fraction of sp³-hybridized carbons (Fsp3) is 0.524. The lowest BCUT2D eigenvalue weighted by molar-refractivity contribution is 0.0281. The highest BCUT2D eigenvalue weighted by Crippen LogP contribution is 2.27. The second-order valence-electron chi connectivity index (χ2n) is 8.25. The molecule has 0 fully saturated rings. The zero-order chi connectivity index (χ0) is 23.5. The van der Waals surface area contributed by atoms with Gasteiger partial charge in [0.15, 0.2) is 5.03 Å². The van der Waals surface area contributed by atoms with E-state index in [1.165, 1.54) is 18.6 Å². The van der Waals surface area contributed by atoms with E-state index in [0.29, 0.717) is 31.0 Å². The second-order valence-corrected chi connectivity index (χ2v) is 9.88. The van der Waals surface area contributed by atoms with E-state index in [-0.39, 0.29) is 34.7 Å². The van der Waals surface area contributed by atoms with Crippen molar-refractivity contribution >= 4 is 21.6 Å². The first-order chi connectivity index (χ1) is 15.1. The lowest BCUT2D eigenvalue weighted by atomic mass is 10.0. The number of carbonyl (C=O) groups excluding carboxylic acids is 1. The van der Waals surface area contributed by atoms with E-state index in [4.69, 9.17) is 9.47 Å². The van der Waals surface area contributed by atoms with Crippen molar-refractivity contribution in [3.8, 4) is 5.75 Å². The number of aromatic nitrogens is 2. The molecule has 1 aromatic carbocycles. The number of hydrogen-bond acceptors (Lipinski definition) is 7. The molecule has 0 spiro atoms. The highest BCUT2D eigenvalue weighted by Gasteiger charge is 2.26. The molecule has 2 N–H and O–H groups in total. The third-order valence-electron chi connectivity index (χ3n) is 5.44. The lowest BCUT2D eigenvalue weighted by Gasteiger charge is -2.30. The van der Waals surface area contributed by atoms with Crippen LogP contribution in [0.1, 0.15) is 24.2 Å². The number of imidazole rings is 1. The van der Waals surface area contributed by atoms with Gasteiger partial charge in [-0.25, -0.2) is 4.98 Å². The van der Waals surface area contributed by atoms with Crippen LogP contribution in [0.2, 0.25) is 0 Å². The predicted molar refractivity (Wildman–Crippen MR) is 120 cm³/mol. The van der Waals surface area contributed by atoms with Gasteiger partial charge >= 0.3 is 0 Å². The fourth-order valence-electron chi connectivity index (χ4n) is 3.45. The average molecular weight is 466 g/mol. The third kappa shape index (κ3) is 5.59. The average Bonchev–Trinajstić information content (AvgIpc) is 3.20. The van der Waals surface area contributed by atoms with Crippen LogP contribution >= 0.6 is 0 Å². The van der Waals surface area contributed by atoms with Crippen molar-refractivity contribution in [2.24, 2.45) is 13.0 Å². The Labute approximate surface area is 189 Å². The zero-order valence-electron chi connectivity index (χ0n) is 19.0. The summed E-state index contributed by atoms with van der Waals surface area (Å²) in [5.41, 5.74) is 0.629. The summed E-state index contributed by atoms with van der Waals surface area (Å²) in [6.45, 7) is 5.50. The van der Waals surface area contributed by atoms with Crippen LogP contribution in [0.25, 0.3) is 0 Å². The summed E-state index contributed by atoms with van der Waals surface area (Å²) in [6, 6.07) is 4.65. The minimum atomic E-state index is -3.87. The number of amides is 1. The Morgan fingerprint density at radius 3 is 2.69 bits per heavy atom. The Bertz CT molecular complexity index is 1050. The maximum Gasteiger partial charge on any atom is 0.280 e. The first-order valence-corrected chi connectivity index (χ1v) is 11.9. The molecule has 0 saturated heterocycles. The summed E-state index contributed by atoms with van der Waals surface area (Å²) in [6.07, 6.45) is 2.69. The Morgan fingerprint density at radius 1 is 1.28 bits per heavy atom. The second kappa shape index (κ2) is 9.88. The van der Waals surface area contributed by atoms with Gasteiger partial charge in [-0.1, -0.05) is 6.92 Å². The van der Waals surface area contributed by atoms with E-state index in [2.05, 4.69) is 21.9 Å². The smallest absolute Gasteiger partial charge is 0.280 e. The van der Waals surface area contributed by atoms with E-state index in [0.717, 1.165) is 0 Å². The summed E-state index contributed by atoms with van der Waals surface area (Å²) in [5, 5.41) is 3.32. The summed E-state index contributed by atoms with van der Waals surface area (Å²) in [5.74, 6) is 0.272. The molecule has 32 heavy (non-hydrogen) atoms. The number of methoxy groups -OCH3 is 1. The van der Waals surface area contributed by atoms with Gasteiger partial charge in [0.25, 0.3) is 15.9 Å². The van der Waals surface area contributed by atoms with Crippen molar-refractivity contribution in [1.82, 2.24) is 19.8 Å². The molecular weight excluding hydrogens is 434 g/mol. The van der Waals surface area contributed by atoms with Crippen molar-refractivity contribution < 1.29 is 22.7 Å². The molecular formula is C21H31N5O5S. The molecule has 0 unspecified atom stereocenters. The first kappa shape index (κ1) is 24.0. The predicted octanol–water partition coefficient (Wildman–Crippen LogP) is 1.31. The van der Waals surface area contributed by atoms with Gasteiger partial charge in [-0.2, -0.15) is 8.42 Å². The van der Waals surface area contributed by atoms with E-state index in [9.17, 15) is 13.2 Å². The number of nitrogens with one attached hydrogen (secondary N) is 2. The molecule has 10 nitrogen and oxygen atoms in total. The highest BCUT2D eigenvalue weighted by atomic mass is 32.2. The Balaban J connectivity index is 1.91. The van der Waals surface area contributed by atoms with Crippen molar-refractivity contribution in [3.63, 3.8) is 0 Å². The monoisotopic (exact) mass is 465 g/mol. The maximum atomic E-state index is 13.1. The van der Waals surface area contributed by atoms with Gasteiger partial charge in [-0.3, -0.25) is 9.52 Å². The first-order valence-electron chi connectivity index (χ1n) is 10.4. The van der Waals surface area contributed by atoms with Gasteiger partial charge in [-0.05, 0) is 25.0 Å². The number of nitrogens with zero attached hydrogens (tertiary/aromatic N) is 3. The summed E-state index contributed by atoms with van der Waals surface area (Å²) < 4.78 is 40.9. The van der Waals surface area contributed by atoms with Gasteiger partial charge in [0.2, 0.25) is 0 Å². The fourth-order valence-corrected chi connectivity index (χ4v) is 4.49. The summed E-state index contributed by atoms with van der Waals surface area (Å²) >= 11 is 0. The van der Waals surface area contributed by atoms with Gasteiger partial charge in [0.1, 0.15) is 12.4 Å². The van der Waals surface area contributed by atoms with E-state index in [1.54, 1.807) is 42.8 Å². The van der Waals surface area contributed by atoms with E-state index < -0.39 is 10.0 Å². The minimum absolute atomic E-state index is 0.0175. The van der Waals surface area contributed by atoms with E-state index >= 15 is 0 Å². The molecule has 2 heterocycles. The number of carbonyl (C=O) groups is 1. The molecule has 2 aromatic rings. The minimum Gasteiger partial charge on any atom is -0.491 e. The van der Waals surface area contributed by atoms with Crippen molar-refractivity contribution in [2.75, 3.05) is 38.6 Å². The summed E-state index contributed by atoms with van der Waals surface area (Å²) in [4.78, 5) is 18.6. The molecule has 3 atom stereocenters. The Hall–Kier alpha value is -2.63. The Kier molecular flexibility index (Phi) is 7.42. The van der Waals surface area contributed by atoms with Gasteiger partial charge in [-0.15, -0.1) is 0 Å². The molecule has 0 aliphatic carbocycles. The molecule has 1 aliphatic heterocycles. The number of benzene rings is 1. The van der Waals surface area contributed by atoms with Gasteiger partial charge in [0.05, 0.1) is 23.7 Å². The number of anilines is 1. The lowest BCUT2D eigenvalue weighted by Crippen LogP contribution is -2.44. The molecule has 3 rings (SSSR count). The van der Waals surface area contributed by atoms with E-state index in [1.807, 2.05) is 6.92 Å². The molecule has 1 aliphatic rings. The van der Waals surface area contributed by atoms with Crippen LogP contribution < -0.4 is 14.8 Å². The highest BCUT2D eigenvalue weighted by molar-refractivity contribution is 7.92. The van der Waals surface area contributed by atoms with Crippen molar-refractivity contribution in [1.29, 1.82) is 0 Å². The standard InChI is InChI=1S/C21H31N5O5S/c1-14-9-22-15(2)12-31-18-8-16(24-32(28,29)20-11-25(3)13-23-20)6-7-17(18)21(27)26(4)10-19(14)30-5/h6-8,11,13-15,19,22,24H,9-10,12H2,1-5H3/t14-,15+,19-/m1/s1. The number of hydrogen-bond donors (Lipinski definition) is 2. The van der Waals surface area contributed by atoms with Crippen LogP contribution in [0.3, 0.4) is 0 Å². The topological polar surface area (TPSA) is 115 Å². The van der Waals surface area contributed by atoms with Crippen LogP contribution in [0.15, 0.2) is 35.7 Å². The van der Waals surface area contributed by atoms with Crippen molar-refractivity contribution in [3.05, 3.63) is 36.3 Å². The molecule has 176 valence electrons. The van der Waals surface area contributed by atoms with Crippen LogP contribution in [0.5, 0.6) is 5.75 Å². The van der Waals surface area contributed by atoms with Gasteiger partial charge in [0, 0.05) is 52.6 Å². The molecule has 0 radical (unpaired) electrons. The molecule has 1 amide bonds. The van der Waals surface area contributed by atoms with Crippen LogP contribution in [-0.2, 0) is 21.8 Å². The largest absolute Gasteiger partial charge is 0.491 e. The third-order valence-corrected chi connectivity index (χ3v) is 6.70. The number of ether oxygens (including phenoxy) is 2. The number of rotatable bonds is 4. The van der Waals surface area contributed by atoms with Gasteiger partial charge < -0.3 is 24.3 Å². The number of aryl methyl sites for hydroxylation is 1. The molecule has 11 heteroatoms. The quantitative estimate of drug-likeness (QED) is 0.700. The van der Waals surface area contributed by atoms with Crippen LogP contribution in [0, 0.1) is 5.92 Å².